The molecule has 5 heteroatoms. The molecule has 1 aromatic rings. The highest BCUT2D eigenvalue weighted by Gasteiger charge is 2.30. The molecule has 1 saturated heterocycles. The zero-order chi connectivity index (χ0) is 13.1. The first-order valence-corrected chi connectivity index (χ1v) is 6.84. The smallest absolute Gasteiger partial charge is 0.230 e. The molecule has 0 N–H and O–H groups in total. The Morgan fingerprint density at radius 3 is 2.22 bits per heavy atom. The third-order valence-electron chi connectivity index (χ3n) is 2.87. The van der Waals surface area contributed by atoms with Gasteiger partial charge >= 0.3 is 0 Å². The highest BCUT2D eigenvalue weighted by atomic mass is 32.2. The summed E-state index contributed by atoms with van der Waals surface area (Å²) >= 11 is 1.59. The number of imide groups is 1. The van der Waals surface area contributed by atoms with Crippen LogP contribution in [0.3, 0.4) is 0 Å². The average Bonchev–Trinajstić information content (AvgIpc) is 2.70. The van der Waals surface area contributed by atoms with Crippen molar-refractivity contribution in [3.8, 4) is 0 Å². The van der Waals surface area contributed by atoms with E-state index in [1.807, 2.05) is 18.4 Å². The fourth-order valence-electron chi connectivity index (χ4n) is 1.81. The van der Waals surface area contributed by atoms with E-state index in [2.05, 4.69) is 0 Å². The number of carbonyl (C=O) groups excluding carboxylic acids is 3. The zero-order valence-corrected chi connectivity index (χ0v) is 10.8. The number of Topliss-reactive ketones (excluding diaryl/α,β-unsaturated/α-hetero) is 1. The highest BCUT2D eigenvalue weighted by Crippen LogP contribution is 2.17. The lowest BCUT2D eigenvalue weighted by Crippen LogP contribution is -2.34. The largest absolute Gasteiger partial charge is 0.292 e. The Balaban J connectivity index is 2.07. The van der Waals surface area contributed by atoms with Crippen molar-refractivity contribution in [3.05, 3.63) is 29.8 Å². The van der Waals surface area contributed by atoms with Crippen LogP contribution in [0, 0.1) is 0 Å². The molecule has 0 radical (unpaired) electrons. The number of benzene rings is 1. The number of likely N-dealkylation sites (tertiary alicyclic amines) is 1. The standard InChI is InChI=1S/C13H13NO3S/c1-18-10-4-2-9(3-5-10)11(15)8-14-12(16)6-7-13(14)17/h2-5H,6-8H2,1H3. The number of hydrogen-bond acceptors (Lipinski definition) is 4. The summed E-state index contributed by atoms with van der Waals surface area (Å²) in [7, 11) is 0. The topological polar surface area (TPSA) is 54.5 Å². The van der Waals surface area contributed by atoms with Gasteiger partial charge in [0, 0.05) is 23.3 Å². The number of hydrogen-bond donors (Lipinski definition) is 0. The molecule has 0 atom stereocenters. The van der Waals surface area contributed by atoms with Crippen molar-refractivity contribution in [2.75, 3.05) is 12.8 Å². The van der Waals surface area contributed by atoms with Crippen molar-refractivity contribution in [2.45, 2.75) is 17.7 Å². The molecule has 2 rings (SSSR count). The molecule has 0 aliphatic carbocycles. The van der Waals surface area contributed by atoms with E-state index in [0.29, 0.717) is 5.56 Å². The van der Waals surface area contributed by atoms with Gasteiger partial charge in [-0.1, -0.05) is 12.1 Å². The monoisotopic (exact) mass is 263 g/mol. The van der Waals surface area contributed by atoms with Gasteiger partial charge in [-0.15, -0.1) is 11.8 Å². The van der Waals surface area contributed by atoms with E-state index in [9.17, 15) is 14.4 Å². The molecule has 0 spiro atoms. The Morgan fingerprint density at radius 1 is 1.17 bits per heavy atom. The second-order valence-electron chi connectivity index (χ2n) is 4.03. The van der Waals surface area contributed by atoms with E-state index in [4.69, 9.17) is 0 Å². The lowest BCUT2D eigenvalue weighted by atomic mass is 10.1. The summed E-state index contributed by atoms with van der Waals surface area (Å²) in [6, 6.07) is 7.15. The summed E-state index contributed by atoms with van der Waals surface area (Å²) in [4.78, 5) is 36.9. The minimum absolute atomic E-state index is 0.143. The molecule has 2 amide bonds. The third kappa shape index (κ3) is 2.61. The number of ketones is 1. The van der Waals surface area contributed by atoms with Crippen LogP contribution in [0.1, 0.15) is 23.2 Å². The quantitative estimate of drug-likeness (QED) is 0.472. The summed E-state index contributed by atoms with van der Waals surface area (Å²) in [5, 5.41) is 0. The van der Waals surface area contributed by atoms with Gasteiger partial charge in [-0.2, -0.15) is 0 Å². The Morgan fingerprint density at radius 2 is 1.72 bits per heavy atom. The normalized spacial score (nSPS) is 15.3. The molecule has 0 saturated carbocycles. The molecule has 0 aromatic heterocycles. The molecule has 4 nitrogen and oxygen atoms in total. The summed E-state index contributed by atoms with van der Waals surface area (Å²) in [5.41, 5.74) is 0.528. The first-order valence-electron chi connectivity index (χ1n) is 5.62. The van der Waals surface area contributed by atoms with E-state index in [-0.39, 0.29) is 37.0 Å². The first-order chi connectivity index (χ1) is 8.61. The number of thioether (sulfide) groups is 1. The maximum Gasteiger partial charge on any atom is 0.230 e. The molecule has 1 aromatic carbocycles. The summed E-state index contributed by atoms with van der Waals surface area (Å²) in [6.07, 6.45) is 2.40. The number of carbonyl (C=O) groups is 3. The van der Waals surface area contributed by atoms with Gasteiger partial charge in [-0.05, 0) is 18.4 Å². The van der Waals surface area contributed by atoms with Crippen LogP contribution >= 0.6 is 11.8 Å². The van der Waals surface area contributed by atoms with Gasteiger partial charge in [0.25, 0.3) is 0 Å². The van der Waals surface area contributed by atoms with E-state index >= 15 is 0 Å². The molecule has 18 heavy (non-hydrogen) atoms. The number of rotatable bonds is 4. The van der Waals surface area contributed by atoms with Gasteiger partial charge < -0.3 is 0 Å². The van der Waals surface area contributed by atoms with Crippen LogP contribution in [0.2, 0.25) is 0 Å². The van der Waals surface area contributed by atoms with E-state index in [1.54, 1.807) is 23.9 Å². The molecule has 1 aliphatic heterocycles. The van der Waals surface area contributed by atoms with Crippen molar-refractivity contribution in [2.24, 2.45) is 0 Å². The second-order valence-corrected chi connectivity index (χ2v) is 4.90. The van der Waals surface area contributed by atoms with Crippen molar-refractivity contribution in [1.82, 2.24) is 4.90 Å². The molecular formula is C13H13NO3S. The van der Waals surface area contributed by atoms with Gasteiger partial charge in [0.1, 0.15) is 0 Å². The molecule has 1 aliphatic rings. The molecule has 0 bridgehead atoms. The Hall–Kier alpha value is -1.62. The first kappa shape index (κ1) is 12.8. The maximum absolute atomic E-state index is 11.9. The predicted molar refractivity (Wildman–Crippen MR) is 68.5 cm³/mol. The molecule has 94 valence electrons. The van der Waals surface area contributed by atoms with Gasteiger partial charge in [0.15, 0.2) is 5.78 Å². The predicted octanol–water partition coefficient (Wildman–Crippen LogP) is 1.74. The van der Waals surface area contributed by atoms with Gasteiger partial charge in [-0.3, -0.25) is 19.3 Å². The average molecular weight is 263 g/mol. The summed E-state index contributed by atoms with van der Waals surface area (Å²) in [6.45, 7) is -0.143. The Bertz CT molecular complexity index is 479. The van der Waals surface area contributed by atoms with Crippen molar-refractivity contribution < 1.29 is 14.4 Å². The zero-order valence-electron chi connectivity index (χ0n) is 10.0. The summed E-state index contributed by atoms with van der Waals surface area (Å²) < 4.78 is 0. The van der Waals surface area contributed by atoms with Crippen LogP contribution in [0.4, 0.5) is 0 Å². The van der Waals surface area contributed by atoms with Crippen molar-refractivity contribution in [3.63, 3.8) is 0 Å². The number of amides is 2. The minimum atomic E-state index is -0.255. The Labute approximate surface area is 109 Å². The Kier molecular flexibility index (Phi) is 3.81. The van der Waals surface area contributed by atoms with Crippen LogP contribution in [0.5, 0.6) is 0 Å². The van der Waals surface area contributed by atoms with Crippen LogP contribution < -0.4 is 0 Å². The van der Waals surface area contributed by atoms with E-state index in [1.165, 1.54) is 0 Å². The highest BCUT2D eigenvalue weighted by molar-refractivity contribution is 7.98. The lowest BCUT2D eigenvalue weighted by molar-refractivity contribution is -0.137. The lowest BCUT2D eigenvalue weighted by Gasteiger charge is -2.12. The molecule has 1 fully saturated rings. The maximum atomic E-state index is 11.9. The van der Waals surface area contributed by atoms with Gasteiger partial charge in [-0.25, -0.2) is 0 Å². The molecular weight excluding hydrogens is 250 g/mol. The molecule has 0 unspecified atom stereocenters. The van der Waals surface area contributed by atoms with Crippen LogP contribution in [0.15, 0.2) is 29.2 Å². The van der Waals surface area contributed by atoms with Crippen molar-refractivity contribution in [1.29, 1.82) is 0 Å². The van der Waals surface area contributed by atoms with Crippen LogP contribution in [-0.4, -0.2) is 35.3 Å². The molecule has 1 heterocycles. The van der Waals surface area contributed by atoms with Gasteiger partial charge in [0.2, 0.25) is 11.8 Å². The third-order valence-corrected chi connectivity index (χ3v) is 3.61. The number of nitrogens with zero attached hydrogens (tertiary/aromatic N) is 1. The second kappa shape index (κ2) is 5.35. The van der Waals surface area contributed by atoms with Gasteiger partial charge in [0.05, 0.1) is 6.54 Å². The SMILES string of the molecule is CSc1ccc(C(=O)CN2C(=O)CCC2=O)cc1. The van der Waals surface area contributed by atoms with E-state index < -0.39 is 0 Å². The fourth-order valence-corrected chi connectivity index (χ4v) is 2.22. The fraction of sp³-hybridized carbons (Fsp3) is 0.308. The van der Waals surface area contributed by atoms with Crippen LogP contribution in [0.25, 0.3) is 0 Å². The van der Waals surface area contributed by atoms with E-state index in [0.717, 1.165) is 9.80 Å². The minimum Gasteiger partial charge on any atom is -0.292 e. The summed E-state index contributed by atoms with van der Waals surface area (Å²) in [5.74, 6) is -0.713. The van der Waals surface area contributed by atoms with Crippen LogP contribution in [-0.2, 0) is 9.59 Å². The van der Waals surface area contributed by atoms with Crippen molar-refractivity contribution >= 4 is 29.4 Å².